The van der Waals surface area contributed by atoms with Gasteiger partial charge >= 0.3 is 0 Å². The van der Waals surface area contributed by atoms with E-state index in [4.69, 9.17) is 16.3 Å². The molecule has 0 atom stereocenters. The van der Waals surface area contributed by atoms with Gasteiger partial charge in [-0.25, -0.2) is 4.68 Å². The number of rotatable bonds is 7. The van der Waals surface area contributed by atoms with Gasteiger partial charge in [0.1, 0.15) is 0 Å². The molecule has 28 heavy (non-hydrogen) atoms. The van der Waals surface area contributed by atoms with Gasteiger partial charge in [0, 0.05) is 23.6 Å². The van der Waals surface area contributed by atoms with E-state index in [0.29, 0.717) is 18.0 Å². The molecule has 0 unspecified atom stereocenters. The normalized spacial score (nSPS) is 12.1. The summed E-state index contributed by atoms with van der Waals surface area (Å²) in [5.41, 5.74) is 0.238. The van der Waals surface area contributed by atoms with E-state index in [-0.39, 0.29) is 10.6 Å². The lowest BCUT2D eigenvalue weighted by Crippen LogP contribution is -2.14. The Morgan fingerprint density at radius 3 is 2.89 bits per heavy atom. The number of thiazole rings is 1. The third-order valence-electron chi connectivity index (χ3n) is 3.57. The summed E-state index contributed by atoms with van der Waals surface area (Å²) in [5, 5.41) is 31.6. The molecular formula is C17H14ClN4O4S2-. The van der Waals surface area contributed by atoms with E-state index in [2.05, 4.69) is 10.1 Å². The second-order valence-corrected chi connectivity index (χ2v) is 7.63. The fraction of sp³-hybridized carbons (Fsp3) is 0.176. The number of halogens is 1. The summed E-state index contributed by atoms with van der Waals surface area (Å²) in [6.07, 6.45) is 1.26. The third kappa shape index (κ3) is 4.47. The SMILES string of the molecule is COCCN=c1scc(-c2cccs2)n1N=Cc1cc(Cl)cc([N+](=O)[O-])c1[O-]. The van der Waals surface area contributed by atoms with Crippen LogP contribution in [0.1, 0.15) is 5.56 Å². The van der Waals surface area contributed by atoms with Crippen LogP contribution in [0.4, 0.5) is 5.69 Å². The lowest BCUT2D eigenvalue weighted by Gasteiger charge is -2.11. The van der Waals surface area contributed by atoms with E-state index < -0.39 is 16.4 Å². The fourth-order valence-corrected chi connectivity index (χ4v) is 4.18. The molecule has 0 radical (unpaired) electrons. The number of hydrogen-bond donors (Lipinski definition) is 0. The van der Waals surface area contributed by atoms with Crippen molar-refractivity contribution >= 4 is 46.2 Å². The minimum Gasteiger partial charge on any atom is -0.867 e. The number of ether oxygens (including phenoxy) is 1. The van der Waals surface area contributed by atoms with E-state index in [1.54, 1.807) is 11.8 Å². The summed E-state index contributed by atoms with van der Waals surface area (Å²) in [4.78, 5) is 16.3. The molecule has 0 bridgehead atoms. The van der Waals surface area contributed by atoms with Gasteiger partial charge in [0.05, 0.1) is 34.9 Å². The largest absolute Gasteiger partial charge is 0.867 e. The van der Waals surface area contributed by atoms with E-state index in [1.165, 1.54) is 35.0 Å². The van der Waals surface area contributed by atoms with Crippen molar-refractivity contribution in [2.45, 2.75) is 0 Å². The van der Waals surface area contributed by atoms with Crippen molar-refractivity contribution in [3.8, 4) is 16.3 Å². The number of nitrogens with zero attached hydrogens (tertiary/aromatic N) is 4. The van der Waals surface area contributed by atoms with Crippen molar-refractivity contribution < 1.29 is 14.8 Å². The van der Waals surface area contributed by atoms with Crippen molar-refractivity contribution in [3.63, 3.8) is 0 Å². The highest BCUT2D eigenvalue weighted by Crippen LogP contribution is 2.30. The van der Waals surface area contributed by atoms with Crippen LogP contribution in [-0.2, 0) is 4.74 Å². The standard InChI is InChI=1S/C17H15ClN4O4S2/c1-26-5-4-19-17-21(14(10-28-17)15-3-2-6-27-15)20-9-11-7-12(18)8-13(16(11)23)22(24)25/h2-3,6-10,23H,4-5H2,1H3/p-1. The van der Waals surface area contributed by atoms with Gasteiger partial charge < -0.3 is 9.84 Å². The highest BCUT2D eigenvalue weighted by Gasteiger charge is 2.12. The van der Waals surface area contributed by atoms with E-state index in [1.807, 2.05) is 22.9 Å². The Labute approximate surface area is 172 Å². The molecular weight excluding hydrogens is 424 g/mol. The summed E-state index contributed by atoms with van der Waals surface area (Å²) in [7, 11) is 1.59. The van der Waals surface area contributed by atoms with Crippen molar-refractivity contribution in [2.75, 3.05) is 20.3 Å². The van der Waals surface area contributed by atoms with Crippen molar-refractivity contribution in [2.24, 2.45) is 10.1 Å². The zero-order valence-electron chi connectivity index (χ0n) is 14.6. The van der Waals surface area contributed by atoms with Gasteiger partial charge in [-0.3, -0.25) is 15.1 Å². The molecule has 2 heterocycles. The van der Waals surface area contributed by atoms with Crippen LogP contribution in [0, 0.1) is 10.1 Å². The zero-order valence-corrected chi connectivity index (χ0v) is 17.0. The highest BCUT2D eigenvalue weighted by atomic mass is 35.5. The van der Waals surface area contributed by atoms with Crippen molar-refractivity contribution in [1.82, 2.24) is 4.68 Å². The molecule has 0 aliphatic heterocycles. The number of aromatic nitrogens is 1. The molecule has 8 nitrogen and oxygen atoms in total. The molecule has 11 heteroatoms. The predicted octanol–water partition coefficient (Wildman–Crippen LogP) is 3.34. The summed E-state index contributed by atoms with van der Waals surface area (Å²) in [6, 6.07) is 6.24. The zero-order chi connectivity index (χ0) is 20.1. The van der Waals surface area contributed by atoms with Gasteiger partial charge in [-0.15, -0.1) is 22.7 Å². The lowest BCUT2D eigenvalue weighted by molar-refractivity contribution is -0.398. The molecule has 0 saturated heterocycles. The average Bonchev–Trinajstić information content (AvgIpc) is 3.31. The number of methoxy groups -OCH3 is 1. The topological polar surface area (TPSA) is 105 Å². The maximum absolute atomic E-state index is 12.3. The molecule has 0 fully saturated rings. The van der Waals surface area contributed by atoms with Crippen LogP contribution >= 0.6 is 34.3 Å². The summed E-state index contributed by atoms with van der Waals surface area (Å²) >= 11 is 8.85. The number of nitro benzene ring substituents is 1. The minimum atomic E-state index is -0.758. The van der Waals surface area contributed by atoms with Gasteiger partial charge in [0.2, 0.25) is 4.80 Å². The first-order valence-electron chi connectivity index (χ1n) is 7.94. The smallest absolute Gasteiger partial charge is 0.263 e. The molecule has 0 aliphatic carbocycles. The highest BCUT2D eigenvalue weighted by molar-refractivity contribution is 7.14. The van der Waals surface area contributed by atoms with Gasteiger partial charge in [0.25, 0.3) is 5.69 Å². The predicted molar refractivity (Wildman–Crippen MR) is 108 cm³/mol. The Morgan fingerprint density at radius 2 is 2.21 bits per heavy atom. The molecule has 3 rings (SSSR count). The Morgan fingerprint density at radius 1 is 1.39 bits per heavy atom. The van der Waals surface area contributed by atoms with Crippen LogP contribution in [0.25, 0.3) is 10.6 Å². The average molecular weight is 438 g/mol. The summed E-state index contributed by atoms with van der Waals surface area (Å²) in [5.74, 6) is -0.746. The number of thiophene rings is 1. The Bertz CT molecular complexity index is 1070. The number of nitro groups is 1. The van der Waals surface area contributed by atoms with Crippen LogP contribution in [0.5, 0.6) is 5.75 Å². The van der Waals surface area contributed by atoms with Gasteiger partial charge in [-0.1, -0.05) is 17.7 Å². The van der Waals surface area contributed by atoms with E-state index in [9.17, 15) is 15.2 Å². The summed E-state index contributed by atoms with van der Waals surface area (Å²) in [6.45, 7) is 0.910. The van der Waals surface area contributed by atoms with Crippen LogP contribution in [-0.4, -0.2) is 36.1 Å². The van der Waals surface area contributed by atoms with Gasteiger partial charge in [0.15, 0.2) is 0 Å². The van der Waals surface area contributed by atoms with E-state index in [0.717, 1.165) is 16.6 Å². The molecule has 0 saturated carbocycles. The maximum atomic E-state index is 12.3. The van der Waals surface area contributed by atoms with Crippen molar-refractivity contribution in [3.05, 3.63) is 60.5 Å². The fourth-order valence-electron chi connectivity index (χ4n) is 2.30. The lowest BCUT2D eigenvalue weighted by atomic mass is 10.2. The molecule has 146 valence electrons. The molecule has 0 N–H and O–H groups in total. The Balaban J connectivity index is 2.07. The van der Waals surface area contributed by atoms with Gasteiger partial charge in [-0.05, 0) is 28.8 Å². The number of hydrogen-bond acceptors (Lipinski definition) is 8. The third-order valence-corrected chi connectivity index (χ3v) is 5.54. The van der Waals surface area contributed by atoms with E-state index >= 15 is 0 Å². The number of benzene rings is 1. The Kier molecular flexibility index (Phi) is 6.57. The minimum absolute atomic E-state index is 0.0258. The molecule has 2 aromatic heterocycles. The molecule has 0 amide bonds. The first-order valence-corrected chi connectivity index (χ1v) is 10.1. The van der Waals surface area contributed by atoms with Gasteiger partial charge in [-0.2, -0.15) is 5.10 Å². The molecule has 0 aliphatic rings. The maximum Gasteiger partial charge on any atom is 0.263 e. The van der Waals surface area contributed by atoms with Crippen LogP contribution in [0.15, 0.2) is 45.1 Å². The summed E-state index contributed by atoms with van der Waals surface area (Å²) < 4.78 is 6.62. The quantitative estimate of drug-likeness (QED) is 0.244. The molecule has 3 aromatic rings. The van der Waals surface area contributed by atoms with Crippen LogP contribution < -0.4 is 9.91 Å². The van der Waals surface area contributed by atoms with Crippen LogP contribution in [0.2, 0.25) is 5.02 Å². The van der Waals surface area contributed by atoms with Crippen LogP contribution in [0.3, 0.4) is 0 Å². The Hall–Kier alpha value is -2.53. The second-order valence-electron chi connectivity index (χ2n) is 5.41. The first kappa shape index (κ1) is 20.2. The second kappa shape index (κ2) is 9.11. The first-order chi connectivity index (χ1) is 13.5. The molecule has 1 aromatic carbocycles. The monoisotopic (exact) mass is 437 g/mol. The van der Waals surface area contributed by atoms with Crippen molar-refractivity contribution in [1.29, 1.82) is 0 Å². The molecule has 0 spiro atoms.